The fourth-order valence-corrected chi connectivity index (χ4v) is 2.37. The molecule has 23 heavy (non-hydrogen) atoms. The summed E-state index contributed by atoms with van der Waals surface area (Å²) in [6, 6.07) is 8.91. The van der Waals surface area contributed by atoms with Crippen LogP contribution >= 0.6 is 0 Å². The molecule has 3 rings (SSSR count). The number of para-hydroxylation sites is 1. The number of phenols is 1. The van der Waals surface area contributed by atoms with E-state index in [9.17, 15) is 5.11 Å². The average molecular weight is 313 g/mol. The number of ether oxygens (including phenoxy) is 1. The Bertz CT molecular complexity index is 699. The number of phenolic OH excluding ortho intramolecular Hbond substituents is 1. The van der Waals surface area contributed by atoms with Crippen molar-refractivity contribution in [1.29, 1.82) is 0 Å². The summed E-state index contributed by atoms with van der Waals surface area (Å²) < 4.78 is 5.36. The zero-order valence-electron chi connectivity index (χ0n) is 13.0. The van der Waals surface area contributed by atoms with Crippen molar-refractivity contribution < 1.29 is 9.84 Å². The van der Waals surface area contributed by atoms with Crippen LogP contribution in [0.3, 0.4) is 0 Å². The highest BCUT2D eigenvalue weighted by Gasteiger charge is 2.14. The van der Waals surface area contributed by atoms with Gasteiger partial charge in [-0.05, 0) is 13.0 Å². The Hall–Kier alpha value is -2.54. The Balaban J connectivity index is 1.73. The predicted molar refractivity (Wildman–Crippen MR) is 86.1 cm³/mol. The Labute approximate surface area is 134 Å². The van der Waals surface area contributed by atoms with Gasteiger partial charge in [0.2, 0.25) is 0 Å². The number of aromatic nitrogens is 2. The third-order valence-electron chi connectivity index (χ3n) is 3.55. The second-order valence-corrected chi connectivity index (χ2v) is 5.26. The molecule has 0 atom stereocenters. The van der Waals surface area contributed by atoms with Crippen molar-refractivity contribution >= 4 is 11.6 Å². The van der Waals surface area contributed by atoms with Gasteiger partial charge in [0.25, 0.3) is 0 Å². The zero-order valence-corrected chi connectivity index (χ0v) is 13.0. The van der Waals surface area contributed by atoms with Crippen molar-refractivity contribution in [3.8, 4) is 5.75 Å². The molecule has 1 aromatic heterocycles. The maximum Gasteiger partial charge on any atom is 0.179 e. The van der Waals surface area contributed by atoms with E-state index in [1.54, 1.807) is 12.1 Å². The first kappa shape index (κ1) is 15.4. The first-order valence-corrected chi connectivity index (χ1v) is 7.55. The maximum atomic E-state index is 9.72. The highest BCUT2D eigenvalue weighted by molar-refractivity contribution is 5.46. The Morgan fingerprint density at radius 1 is 1.22 bits per heavy atom. The molecule has 0 unspecified atom stereocenters. The lowest BCUT2D eigenvalue weighted by Gasteiger charge is -2.27. The smallest absolute Gasteiger partial charge is 0.179 e. The minimum Gasteiger partial charge on any atom is -0.508 e. The van der Waals surface area contributed by atoms with Crippen molar-refractivity contribution in [3.05, 3.63) is 41.7 Å². The molecule has 0 spiro atoms. The number of aromatic hydroxyl groups is 1. The van der Waals surface area contributed by atoms with E-state index >= 15 is 0 Å². The van der Waals surface area contributed by atoms with Crippen LogP contribution in [-0.2, 0) is 11.3 Å². The lowest BCUT2D eigenvalue weighted by Crippen LogP contribution is -2.36. The van der Waals surface area contributed by atoms with Crippen molar-refractivity contribution in [3.63, 3.8) is 0 Å². The molecule has 1 aromatic carbocycles. The number of nitrogens with zero attached hydrogens (tertiary/aromatic N) is 5. The highest BCUT2D eigenvalue weighted by Crippen LogP contribution is 2.21. The lowest BCUT2D eigenvalue weighted by atomic mass is 10.2. The van der Waals surface area contributed by atoms with E-state index in [-0.39, 0.29) is 5.75 Å². The van der Waals surface area contributed by atoms with E-state index in [0.29, 0.717) is 31.4 Å². The molecule has 0 saturated carbocycles. The molecular formula is C16H19N5O2. The number of benzene rings is 1. The molecule has 1 fully saturated rings. The Morgan fingerprint density at radius 2 is 2.00 bits per heavy atom. The SMILES string of the molecule is Cc1nc(N=NCc2ccccc2O)cc(N2CCOCC2)n1. The standard InChI is InChI=1S/C16H19N5O2/c1-12-18-15(10-16(19-12)21-6-8-23-9-7-21)20-17-11-13-4-2-3-5-14(13)22/h2-5,10,22H,6-9,11H2,1H3. The van der Waals surface area contributed by atoms with E-state index in [1.165, 1.54) is 0 Å². The van der Waals surface area contributed by atoms with Crippen LogP contribution in [0.4, 0.5) is 11.6 Å². The van der Waals surface area contributed by atoms with Gasteiger partial charge in [-0.1, -0.05) is 18.2 Å². The number of anilines is 1. The van der Waals surface area contributed by atoms with Gasteiger partial charge in [-0.3, -0.25) is 0 Å². The zero-order chi connectivity index (χ0) is 16.1. The molecule has 2 heterocycles. The second kappa shape index (κ2) is 7.15. The van der Waals surface area contributed by atoms with E-state index in [2.05, 4.69) is 25.1 Å². The van der Waals surface area contributed by atoms with Gasteiger partial charge < -0.3 is 14.7 Å². The fourth-order valence-electron chi connectivity index (χ4n) is 2.37. The number of aryl methyl sites for hydroxylation is 1. The molecular weight excluding hydrogens is 294 g/mol. The van der Waals surface area contributed by atoms with Crippen molar-refractivity contribution in [2.45, 2.75) is 13.5 Å². The minimum absolute atomic E-state index is 0.222. The molecule has 0 aliphatic carbocycles. The van der Waals surface area contributed by atoms with Gasteiger partial charge >= 0.3 is 0 Å². The topological polar surface area (TPSA) is 83.2 Å². The Kier molecular flexibility index (Phi) is 4.77. The monoisotopic (exact) mass is 313 g/mol. The molecule has 120 valence electrons. The van der Waals surface area contributed by atoms with Gasteiger partial charge in [0, 0.05) is 24.7 Å². The number of hydrogen-bond donors (Lipinski definition) is 1. The van der Waals surface area contributed by atoms with Crippen LogP contribution in [0.2, 0.25) is 0 Å². The molecule has 2 aromatic rings. The fraction of sp³-hybridized carbons (Fsp3) is 0.375. The average Bonchev–Trinajstić information content (AvgIpc) is 2.57. The normalized spacial score (nSPS) is 15.3. The number of morpholine rings is 1. The van der Waals surface area contributed by atoms with Crippen LogP contribution in [0.5, 0.6) is 5.75 Å². The summed E-state index contributed by atoms with van der Waals surface area (Å²) in [6.07, 6.45) is 0. The summed E-state index contributed by atoms with van der Waals surface area (Å²) in [7, 11) is 0. The summed E-state index contributed by atoms with van der Waals surface area (Å²) in [4.78, 5) is 10.9. The molecule has 1 saturated heterocycles. The first-order valence-electron chi connectivity index (χ1n) is 7.55. The minimum atomic E-state index is 0.222. The van der Waals surface area contributed by atoms with E-state index in [0.717, 1.165) is 24.5 Å². The lowest BCUT2D eigenvalue weighted by molar-refractivity contribution is 0.122. The third kappa shape index (κ3) is 4.01. The van der Waals surface area contributed by atoms with Crippen LogP contribution in [0.15, 0.2) is 40.6 Å². The quantitative estimate of drug-likeness (QED) is 0.877. The predicted octanol–water partition coefficient (Wildman–Crippen LogP) is 2.61. The van der Waals surface area contributed by atoms with Gasteiger partial charge in [-0.15, -0.1) is 5.11 Å². The molecule has 0 radical (unpaired) electrons. The third-order valence-corrected chi connectivity index (χ3v) is 3.55. The van der Waals surface area contributed by atoms with Gasteiger partial charge in [-0.25, -0.2) is 9.97 Å². The van der Waals surface area contributed by atoms with Gasteiger partial charge in [0.05, 0.1) is 19.8 Å². The number of azo groups is 1. The van der Waals surface area contributed by atoms with Gasteiger partial charge in [0.1, 0.15) is 17.4 Å². The van der Waals surface area contributed by atoms with Crippen molar-refractivity contribution in [1.82, 2.24) is 9.97 Å². The molecule has 1 aliphatic heterocycles. The number of rotatable bonds is 4. The molecule has 0 bridgehead atoms. The second-order valence-electron chi connectivity index (χ2n) is 5.26. The molecule has 1 N–H and O–H groups in total. The van der Waals surface area contributed by atoms with Crippen molar-refractivity contribution in [2.24, 2.45) is 10.2 Å². The van der Waals surface area contributed by atoms with E-state index in [1.807, 2.05) is 25.1 Å². The Morgan fingerprint density at radius 3 is 2.78 bits per heavy atom. The summed E-state index contributed by atoms with van der Waals surface area (Å²) in [5, 5.41) is 18.0. The van der Waals surface area contributed by atoms with Crippen LogP contribution < -0.4 is 4.90 Å². The summed E-state index contributed by atoms with van der Waals surface area (Å²) in [5.74, 6) is 2.25. The molecule has 0 amide bonds. The molecule has 7 nitrogen and oxygen atoms in total. The van der Waals surface area contributed by atoms with E-state index in [4.69, 9.17) is 4.74 Å². The first-order chi connectivity index (χ1) is 11.2. The van der Waals surface area contributed by atoms with Crippen molar-refractivity contribution in [2.75, 3.05) is 31.2 Å². The van der Waals surface area contributed by atoms with E-state index < -0.39 is 0 Å². The highest BCUT2D eigenvalue weighted by atomic mass is 16.5. The molecule has 7 heteroatoms. The summed E-state index contributed by atoms with van der Waals surface area (Å²) in [5.41, 5.74) is 0.732. The van der Waals surface area contributed by atoms with Gasteiger partial charge in [-0.2, -0.15) is 5.11 Å². The summed E-state index contributed by atoms with van der Waals surface area (Å²) in [6.45, 7) is 5.17. The summed E-state index contributed by atoms with van der Waals surface area (Å²) >= 11 is 0. The van der Waals surface area contributed by atoms with Crippen LogP contribution in [-0.4, -0.2) is 41.4 Å². The molecule has 1 aliphatic rings. The largest absolute Gasteiger partial charge is 0.508 e. The number of hydrogen-bond acceptors (Lipinski definition) is 7. The van der Waals surface area contributed by atoms with Gasteiger partial charge in [0.15, 0.2) is 5.82 Å². The van der Waals surface area contributed by atoms with Crippen LogP contribution in [0.1, 0.15) is 11.4 Å². The van der Waals surface area contributed by atoms with Crippen LogP contribution in [0, 0.1) is 6.92 Å². The maximum absolute atomic E-state index is 9.72. The van der Waals surface area contributed by atoms with Crippen LogP contribution in [0.25, 0.3) is 0 Å².